The molecule has 2 N–H and O–H groups in total. The normalized spacial score (nSPS) is 11.8. The van der Waals surface area contributed by atoms with Gasteiger partial charge in [-0.05, 0) is 38.2 Å². The Morgan fingerprint density at radius 2 is 1.71 bits per heavy atom. The molecule has 1 amide bonds. The number of ether oxygens (including phenoxy) is 1. The van der Waals surface area contributed by atoms with Crippen LogP contribution in [0.25, 0.3) is 0 Å². The Kier molecular flexibility index (Phi) is 8.27. The van der Waals surface area contributed by atoms with Gasteiger partial charge in [-0.15, -0.1) is 0 Å². The molecule has 1 aromatic heterocycles. The minimum Gasteiger partial charge on any atom is -0.502 e. The number of esters is 1. The first-order valence-corrected chi connectivity index (χ1v) is 9.82. The van der Waals surface area contributed by atoms with E-state index in [1.807, 2.05) is 34.6 Å². The van der Waals surface area contributed by atoms with Gasteiger partial charge in [0.2, 0.25) is 0 Å². The van der Waals surface area contributed by atoms with Crippen molar-refractivity contribution in [1.29, 1.82) is 0 Å². The molecule has 1 rings (SSSR count). The van der Waals surface area contributed by atoms with E-state index in [-0.39, 0.29) is 29.5 Å². The Bertz CT molecular complexity index is 740. The standard InChI is InChI=1S/C21H34N2O5/c1-8-21(6,7)28-17(24)10-15-9-16(18(25)19(26)22-15)20(27)23(11-13(2)3)12-14(4)5/h9,13-14,25H,8,10-12H2,1-7H3,(H,22,26). The second-order valence-electron chi connectivity index (χ2n) is 8.65. The smallest absolute Gasteiger partial charge is 0.312 e. The van der Waals surface area contributed by atoms with Gasteiger partial charge in [-0.1, -0.05) is 34.6 Å². The highest BCUT2D eigenvalue weighted by atomic mass is 16.6. The third-order valence-corrected chi connectivity index (χ3v) is 4.33. The number of H-pyrrole nitrogens is 1. The fraction of sp³-hybridized carbons (Fsp3) is 0.667. The highest BCUT2D eigenvalue weighted by molar-refractivity contribution is 5.97. The number of carbonyl (C=O) groups is 2. The van der Waals surface area contributed by atoms with Crippen LogP contribution in [0.4, 0.5) is 0 Å². The van der Waals surface area contributed by atoms with E-state index >= 15 is 0 Å². The van der Waals surface area contributed by atoms with E-state index in [0.29, 0.717) is 19.5 Å². The van der Waals surface area contributed by atoms with E-state index in [0.717, 1.165) is 0 Å². The van der Waals surface area contributed by atoms with Crippen molar-refractivity contribution < 1.29 is 19.4 Å². The van der Waals surface area contributed by atoms with Crippen molar-refractivity contribution in [3.05, 3.63) is 27.7 Å². The maximum absolute atomic E-state index is 13.0. The lowest BCUT2D eigenvalue weighted by Crippen LogP contribution is -2.37. The summed E-state index contributed by atoms with van der Waals surface area (Å²) < 4.78 is 5.40. The summed E-state index contributed by atoms with van der Waals surface area (Å²) in [5.74, 6) is -1.09. The monoisotopic (exact) mass is 394 g/mol. The SMILES string of the molecule is CCC(C)(C)OC(=O)Cc1cc(C(=O)N(CC(C)C)CC(C)C)c(O)c(=O)[nH]1. The summed E-state index contributed by atoms with van der Waals surface area (Å²) in [4.78, 5) is 41.4. The third-order valence-electron chi connectivity index (χ3n) is 4.33. The van der Waals surface area contributed by atoms with Gasteiger partial charge < -0.3 is 19.7 Å². The van der Waals surface area contributed by atoms with Gasteiger partial charge in [-0.2, -0.15) is 0 Å². The number of amides is 1. The molecule has 158 valence electrons. The third kappa shape index (κ3) is 7.02. The molecule has 0 aliphatic heterocycles. The Morgan fingerprint density at radius 1 is 1.18 bits per heavy atom. The topological polar surface area (TPSA) is 99.7 Å². The summed E-state index contributed by atoms with van der Waals surface area (Å²) in [5.41, 5.74) is -1.27. The lowest BCUT2D eigenvalue weighted by Gasteiger charge is -2.27. The van der Waals surface area contributed by atoms with Gasteiger partial charge in [0.05, 0.1) is 12.0 Å². The first-order chi connectivity index (χ1) is 12.9. The zero-order valence-corrected chi connectivity index (χ0v) is 18.1. The Morgan fingerprint density at radius 3 is 2.18 bits per heavy atom. The van der Waals surface area contributed by atoms with Crippen molar-refractivity contribution in [2.45, 2.75) is 66.9 Å². The van der Waals surface area contributed by atoms with Crippen LogP contribution in [0, 0.1) is 11.8 Å². The van der Waals surface area contributed by atoms with Crippen molar-refractivity contribution >= 4 is 11.9 Å². The number of aromatic hydroxyl groups is 1. The van der Waals surface area contributed by atoms with E-state index in [1.165, 1.54) is 6.07 Å². The largest absolute Gasteiger partial charge is 0.502 e. The van der Waals surface area contributed by atoms with Gasteiger partial charge in [-0.25, -0.2) is 0 Å². The highest BCUT2D eigenvalue weighted by Crippen LogP contribution is 2.19. The van der Waals surface area contributed by atoms with Crippen molar-refractivity contribution in [2.75, 3.05) is 13.1 Å². The van der Waals surface area contributed by atoms with Gasteiger partial charge in [0.15, 0.2) is 5.75 Å². The lowest BCUT2D eigenvalue weighted by atomic mass is 10.1. The Labute approximate surface area is 167 Å². The molecule has 28 heavy (non-hydrogen) atoms. The maximum atomic E-state index is 13.0. The highest BCUT2D eigenvalue weighted by Gasteiger charge is 2.25. The van der Waals surface area contributed by atoms with E-state index < -0.39 is 28.8 Å². The molecule has 0 aliphatic carbocycles. The van der Waals surface area contributed by atoms with Gasteiger partial charge in [0.1, 0.15) is 5.60 Å². The quantitative estimate of drug-likeness (QED) is 0.627. The lowest BCUT2D eigenvalue weighted by molar-refractivity contribution is -0.155. The van der Waals surface area contributed by atoms with Crippen molar-refractivity contribution in [1.82, 2.24) is 9.88 Å². The molecule has 0 atom stereocenters. The molecule has 0 unspecified atom stereocenters. The fourth-order valence-electron chi connectivity index (χ4n) is 2.73. The van der Waals surface area contributed by atoms with Crippen LogP contribution in [-0.4, -0.2) is 45.6 Å². The second-order valence-corrected chi connectivity index (χ2v) is 8.65. The van der Waals surface area contributed by atoms with E-state index in [1.54, 1.807) is 18.7 Å². The Hall–Kier alpha value is -2.31. The molecular formula is C21H34N2O5. The average Bonchev–Trinajstić information content (AvgIpc) is 2.55. The van der Waals surface area contributed by atoms with Crippen LogP contribution in [0.15, 0.2) is 10.9 Å². The first-order valence-electron chi connectivity index (χ1n) is 9.82. The van der Waals surface area contributed by atoms with Crippen LogP contribution in [0.1, 0.15) is 70.9 Å². The number of nitrogens with one attached hydrogen (secondary N) is 1. The molecule has 0 saturated carbocycles. The molecule has 0 fully saturated rings. The number of hydrogen-bond acceptors (Lipinski definition) is 5. The van der Waals surface area contributed by atoms with Crippen LogP contribution in [0.2, 0.25) is 0 Å². The molecule has 0 spiro atoms. The van der Waals surface area contributed by atoms with Crippen LogP contribution in [-0.2, 0) is 16.0 Å². The predicted molar refractivity (Wildman–Crippen MR) is 108 cm³/mol. The zero-order valence-electron chi connectivity index (χ0n) is 18.1. The van der Waals surface area contributed by atoms with Crippen LogP contribution in [0.5, 0.6) is 5.75 Å². The summed E-state index contributed by atoms with van der Waals surface area (Å²) in [6.45, 7) is 14.5. The fourth-order valence-corrected chi connectivity index (χ4v) is 2.73. The van der Waals surface area contributed by atoms with Crippen LogP contribution < -0.4 is 5.56 Å². The molecule has 0 aliphatic rings. The number of rotatable bonds is 9. The van der Waals surface area contributed by atoms with Crippen molar-refractivity contribution in [3.63, 3.8) is 0 Å². The van der Waals surface area contributed by atoms with E-state index in [9.17, 15) is 19.5 Å². The van der Waals surface area contributed by atoms with Gasteiger partial charge in [-0.3, -0.25) is 14.4 Å². The number of aromatic nitrogens is 1. The van der Waals surface area contributed by atoms with Crippen molar-refractivity contribution in [2.24, 2.45) is 11.8 Å². The molecule has 0 radical (unpaired) electrons. The number of aromatic amines is 1. The van der Waals surface area contributed by atoms with E-state index in [4.69, 9.17) is 4.74 Å². The molecule has 0 saturated heterocycles. The summed E-state index contributed by atoms with van der Waals surface area (Å²) in [7, 11) is 0. The van der Waals surface area contributed by atoms with Crippen molar-refractivity contribution in [3.8, 4) is 5.75 Å². The Balaban J connectivity index is 3.17. The summed E-state index contributed by atoms with van der Waals surface area (Å²) in [5, 5.41) is 10.2. The molecule has 0 aromatic carbocycles. The minimum absolute atomic E-state index is 0.0948. The number of nitrogens with zero attached hydrogens (tertiary/aromatic N) is 1. The second kappa shape index (κ2) is 9.75. The zero-order chi connectivity index (χ0) is 21.6. The number of pyridine rings is 1. The minimum atomic E-state index is -0.794. The maximum Gasteiger partial charge on any atom is 0.312 e. The summed E-state index contributed by atoms with van der Waals surface area (Å²) >= 11 is 0. The average molecular weight is 395 g/mol. The van der Waals surface area contributed by atoms with Crippen LogP contribution in [0.3, 0.4) is 0 Å². The summed E-state index contributed by atoms with van der Waals surface area (Å²) in [6, 6.07) is 1.37. The number of hydrogen-bond donors (Lipinski definition) is 2. The number of carbonyl (C=O) groups excluding carboxylic acids is 2. The molecule has 1 aromatic rings. The summed E-state index contributed by atoms with van der Waals surface area (Å²) in [6.07, 6.45) is 0.460. The molecular weight excluding hydrogens is 360 g/mol. The van der Waals surface area contributed by atoms with Gasteiger partial charge in [0.25, 0.3) is 11.5 Å². The molecule has 0 bridgehead atoms. The van der Waals surface area contributed by atoms with Gasteiger partial charge in [0, 0.05) is 18.8 Å². The van der Waals surface area contributed by atoms with Gasteiger partial charge >= 0.3 is 5.97 Å². The van der Waals surface area contributed by atoms with Crippen LogP contribution >= 0.6 is 0 Å². The first kappa shape index (κ1) is 23.7. The molecule has 7 heteroatoms. The molecule has 7 nitrogen and oxygen atoms in total. The van der Waals surface area contributed by atoms with E-state index in [2.05, 4.69) is 4.98 Å². The molecule has 1 heterocycles. The predicted octanol–water partition coefficient (Wildman–Crippen LogP) is 3.11.